The second kappa shape index (κ2) is 27.9. The van der Waals surface area contributed by atoms with Crippen molar-refractivity contribution in [3.63, 3.8) is 0 Å². The predicted molar refractivity (Wildman–Crippen MR) is 301 cm³/mol. The molecule has 15 nitrogen and oxygen atoms in total. The number of benzene rings is 6. The molecule has 0 aliphatic rings. The number of nitrogens with one attached hydrogen (secondary N) is 3. The summed E-state index contributed by atoms with van der Waals surface area (Å²) in [5.41, 5.74) is 37.9. The SMILES string of the molecule is NCCCC[C@@](N)(C(=O)Cc1ccccc1)C(=O)Nc1ccc(C(c2ccc(NC(=O)[C@@](N)(CCCCN)C(=O)Cc3ccccc3)cc2)c2ccc(NC(=O)[C@@](N)(CCCCN)C(=O)Cc3ccccc3)cc2)cc1. The first-order valence-corrected chi connectivity index (χ1v) is 26.1. The molecule has 0 bridgehead atoms. The number of unbranched alkanes of at least 4 members (excludes halogenated alkanes) is 3. The number of rotatable bonds is 30. The lowest BCUT2D eigenvalue weighted by Crippen LogP contribution is -2.58. The topological polar surface area (TPSA) is 295 Å². The standard InChI is InChI=1S/C61H73N9O6/c62-37-13-10-34-59(65,52(71)40-43-16-4-1-5-17-43)56(74)68-49-28-22-46(23-29-49)55(47-24-30-50(31-25-47)69-57(75)60(66,35-11-14-38-63)53(72)41-44-18-6-2-7-19-44)48-26-32-51(33-27-48)70-58(76)61(67,36-12-15-39-64)54(73)42-45-20-8-3-9-21-45/h1-9,16-33,55H,10-15,34-42,62-67H2,(H,68,74)(H,69,75)(H,70,76)/t59-,60-,61-/m1/s1. The molecule has 3 amide bonds. The molecule has 0 saturated heterocycles. The summed E-state index contributed by atoms with van der Waals surface area (Å²) in [6.45, 7) is 1.17. The minimum atomic E-state index is -1.81. The third-order valence-corrected chi connectivity index (χ3v) is 13.9. The van der Waals surface area contributed by atoms with Crippen molar-refractivity contribution in [2.24, 2.45) is 34.4 Å². The van der Waals surface area contributed by atoms with Crippen LogP contribution in [0.5, 0.6) is 0 Å². The molecule has 6 aromatic carbocycles. The van der Waals surface area contributed by atoms with Crippen molar-refractivity contribution in [3.05, 3.63) is 197 Å². The molecule has 0 aromatic heterocycles. The molecule has 0 saturated carbocycles. The summed E-state index contributed by atoms with van der Waals surface area (Å²) in [6.07, 6.45) is 3.53. The highest BCUT2D eigenvalue weighted by Crippen LogP contribution is 2.35. The van der Waals surface area contributed by atoms with Gasteiger partial charge in [0.25, 0.3) is 17.7 Å². The van der Waals surface area contributed by atoms with Gasteiger partial charge in [-0.25, -0.2) is 0 Å². The maximum Gasteiger partial charge on any atom is 0.252 e. The minimum absolute atomic E-state index is 0.0124. The Morgan fingerprint density at radius 1 is 0.342 bits per heavy atom. The molecule has 15 N–H and O–H groups in total. The molecule has 0 aliphatic carbocycles. The van der Waals surface area contributed by atoms with E-state index >= 15 is 0 Å². The van der Waals surface area contributed by atoms with E-state index < -0.39 is 57.6 Å². The van der Waals surface area contributed by atoms with Crippen LogP contribution in [0.15, 0.2) is 164 Å². The van der Waals surface area contributed by atoms with Crippen LogP contribution >= 0.6 is 0 Å². The van der Waals surface area contributed by atoms with Gasteiger partial charge < -0.3 is 50.4 Å². The van der Waals surface area contributed by atoms with Crippen molar-refractivity contribution >= 4 is 52.1 Å². The van der Waals surface area contributed by atoms with E-state index in [9.17, 15) is 28.8 Å². The number of anilines is 3. The van der Waals surface area contributed by atoms with Crippen LogP contribution in [0.2, 0.25) is 0 Å². The Morgan fingerprint density at radius 3 is 0.803 bits per heavy atom. The molecule has 15 heteroatoms. The molecule has 6 aromatic rings. The van der Waals surface area contributed by atoms with E-state index in [0.717, 1.165) is 33.4 Å². The number of nitrogens with two attached hydrogens (primary N) is 6. The zero-order valence-corrected chi connectivity index (χ0v) is 43.2. The van der Waals surface area contributed by atoms with Crippen molar-refractivity contribution in [3.8, 4) is 0 Å². The van der Waals surface area contributed by atoms with Gasteiger partial charge in [0.05, 0.1) is 0 Å². The van der Waals surface area contributed by atoms with E-state index in [-0.39, 0.29) is 38.5 Å². The van der Waals surface area contributed by atoms with Crippen LogP contribution in [0.1, 0.15) is 97.1 Å². The summed E-state index contributed by atoms with van der Waals surface area (Å²) >= 11 is 0. The summed E-state index contributed by atoms with van der Waals surface area (Å²) in [6, 6.07) is 49.0. The Kier molecular flexibility index (Phi) is 21.2. The number of hydrogen-bond acceptors (Lipinski definition) is 12. The van der Waals surface area contributed by atoms with Crippen LogP contribution in [0.25, 0.3) is 0 Å². The van der Waals surface area contributed by atoms with Gasteiger partial charge in [0, 0.05) is 42.2 Å². The second-order valence-corrected chi connectivity index (χ2v) is 19.6. The zero-order valence-electron chi connectivity index (χ0n) is 43.2. The maximum absolute atomic E-state index is 14.0. The smallest absolute Gasteiger partial charge is 0.252 e. The average Bonchev–Trinajstić information content (AvgIpc) is 3.43. The van der Waals surface area contributed by atoms with Gasteiger partial charge in [0.15, 0.2) is 34.0 Å². The van der Waals surface area contributed by atoms with Crippen LogP contribution in [-0.2, 0) is 48.0 Å². The normalized spacial score (nSPS) is 13.6. The molecule has 0 fully saturated rings. The van der Waals surface area contributed by atoms with Crippen molar-refractivity contribution in [2.75, 3.05) is 35.6 Å². The molecule has 0 radical (unpaired) electrons. The first kappa shape index (κ1) is 57.8. The zero-order chi connectivity index (χ0) is 54.6. The van der Waals surface area contributed by atoms with Crippen LogP contribution in [0, 0.1) is 0 Å². The quantitative estimate of drug-likeness (QED) is 0.0131. The van der Waals surface area contributed by atoms with Crippen LogP contribution in [-0.4, -0.2) is 71.3 Å². The fourth-order valence-corrected chi connectivity index (χ4v) is 9.18. The molecule has 0 heterocycles. The number of carbonyl (C=O) groups excluding carboxylic acids is 6. The predicted octanol–water partition coefficient (Wildman–Crippen LogP) is 6.60. The summed E-state index contributed by atoms with van der Waals surface area (Å²) < 4.78 is 0. The van der Waals surface area contributed by atoms with Crippen molar-refractivity contribution in [1.29, 1.82) is 0 Å². The molecule has 0 unspecified atom stereocenters. The number of Topliss-reactive ketones (excluding diaryl/α,β-unsaturated/α-hetero) is 3. The molecular weight excluding hydrogens is 955 g/mol. The lowest BCUT2D eigenvalue weighted by Gasteiger charge is -2.28. The van der Waals surface area contributed by atoms with E-state index in [1.54, 1.807) is 36.4 Å². The molecule has 3 atom stereocenters. The number of carbonyl (C=O) groups is 6. The van der Waals surface area contributed by atoms with E-state index in [0.29, 0.717) is 75.2 Å². The third kappa shape index (κ3) is 15.3. The van der Waals surface area contributed by atoms with Gasteiger partial charge in [-0.15, -0.1) is 0 Å². The number of amides is 3. The largest absolute Gasteiger partial charge is 0.330 e. The van der Waals surface area contributed by atoms with Gasteiger partial charge in [-0.05, 0) is 147 Å². The fourth-order valence-electron chi connectivity index (χ4n) is 9.18. The first-order chi connectivity index (χ1) is 36.6. The van der Waals surface area contributed by atoms with E-state index in [2.05, 4.69) is 16.0 Å². The van der Waals surface area contributed by atoms with Gasteiger partial charge in [-0.3, -0.25) is 28.8 Å². The fraction of sp³-hybridized carbons (Fsp3) is 0.311. The summed E-state index contributed by atoms with van der Waals surface area (Å²) in [5, 5.41) is 8.68. The minimum Gasteiger partial charge on any atom is -0.330 e. The first-order valence-electron chi connectivity index (χ1n) is 26.1. The van der Waals surface area contributed by atoms with Gasteiger partial charge in [0.1, 0.15) is 0 Å². The molecule has 398 valence electrons. The van der Waals surface area contributed by atoms with Crippen LogP contribution in [0.3, 0.4) is 0 Å². The Morgan fingerprint density at radius 2 is 0.579 bits per heavy atom. The Bertz CT molecular complexity index is 2540. The maximum atomic E-state index is 14.0. The molecular formula is C61H73N9O6. The average molecular weight is 1030 g/mol. The summed E-state index contributed by atoms with van der Waals surface area (Å²) in [5.74, 6) is -3.56. The molecule has 6 rings (SSSR count). The Labute approximate surface area is 445 Å². The van der Waals surface area contributed by atoms with Crippen molar-refractivity contribution in [2.45, 2.75) is 99.6 Å². The molecule has 0 spiro atoms. The van der Waals surface area contributed by atoms with Gasteiger partial charge in [-0.1, -0.05) is 127 Å². The highest BCUT2D eigenvalue weighted by atomic mass is 16.2. The monoisotopic (exact) mass is 1030 g/mol. The number of ketones is 3. The van der Waals surface area contributed by atoms with E-state index in [1.165, 1.54) is 0 Å². The second-order valence-electron chi connectivity index (χ2n) is 19.6. The van der Waals surface area contributed by atoms with E-state index in [4.69, 9.17) is 34.4 Å². The lowest BCUT2D eigenvalue weighted by molar-refractivity contribution is -0.134. The van der Waals surface area contributed by atoms with Crippen molar-refractivity contribution in [1.82, 2.24) is 0 Å². The Hall–Kier alpha value is -7.50. The van der Waals surface area contributed by atoms with Gasteiger partial charge in [-0.2, -0.15) is 0 Å². The lowest BCUT2D eigenvalue weighted by atomic mass is 9.84. The highest BCUT2D eigenvalue weighted by Gasteiger charge is 2.43. The summed E-state index contributed by atoms with van der Waals surface area (Å²) in [7, 11) is 0. The van der Waals surface area contributed by atoms with Crippen LogP contribution < -0.4 is 50.4 Å². The number of hydrogen-bond donors (Lipinski definition) is 9. The van der Waals surface area contributed by atoms with Crippen molar-refractivity contribution < 1.29 is 28.8 Å². The van der Waals surface area contributed by atoms with E-state index in [1.807, 2.05) is 127 Å². The highest BCUT2D eigenvalue weighted by molar-refractivity contribution is 6.17. The molecule has 76 heavy (non-hydrogen) atoms. The molecule has 0 aliphatic heterocycles. The summed E-state index contributed by atoms with van der Waals surface area (Å²) in [4.78, 5) is 83.4. The Balaban J connectivity index is 1.29. The van der Waals surface area contributed by atoms with Gasteiger partial charge in [0.2, 0.25) is 0 Å². The van der Waals surface area contributed by atoms with Crippen LogP contribution in [0.4, 0.5) is 17.1 Å². The van der Waals surface area contributed by atoms with Gasteiger partial charge >= 0.3 is 0 Å². The third-order valence-electron chi connectivity index (χ3n) is 13.9.